The molecule has 0 aromatic heterocycles. The second-order valence-corrected chi connectivity index (χ2v) is 6.24. The third-order valence-electron chi connectivity index (χ3n) is 2.66. The summed E-state index contributed by atoms with van der Waals surface area (Å²) in [5.41, 5.74) is 2.77. The van der Waals surface area contributed by atoms with Crippen LogP contribution in [-0.4, -0.2) is 0 Å². The highest BCUT2D eigenvalue weighted by Crippen LogP contribution is 2.36. The standard InChI is InChI=1S/C15H22/c1-12-7-9-13(10-8-12)15(5,6)11-14(2,3)4/h1,7-10H,11H2,2-6H3. The molecule has 0 aliphatic carbocycles. The third kappa shape index (κ3) is 3.70. The minimum atomic E-state index is 0.214. The average molecular weight is 202 g/mol. The van der Waals surface area contributed by atoms with Crippen LogP contribution in [0.2, 0.25) is 0 Å². The van der Waals surface area contributed by atoms with Gasteiger partial charge in [0, 0.05) is 0 Å². The molecule has 0 unspecified atom stereocenters. The van der Waals surface area contributed by atoms with Crippen molar-refractivity contribution in [2.24, 2.45) is 5.41 Å². The Bertz CT molecular complexity index is 309. The lowest BCUT2D eigenvalue weighted by molar-refractivity contribution is 0.284. The Kier molecular flexibility index (Phi) is 3.28. The zero-order valence-electron chi connectivity index (χ0n) is 10.6. The third-order valence-corrected chi connectivity index (χ3v) is 2.66. The van der Waals surface area contributed by atoms with Crippen LogP contribution in [0.25, 0.3) is 0 Å². The molecule has 1 rings (SSSR count). The number of hydrogen-bond acceptors (Lipinski definition) is 0. The highest BCUT2D eigenvalue weighted by molar-refractivity contribution is 5.29. The largest absolute Gasteiger partial charge is 0.0601 e. The second kappa shape index (κ2) is 4.00. The first-order valence-electron chi connectivity index (χ1n) is 5.57. The van der Waals surface area contributed by atoms with Crippen LogP contribution in [-0.2, 0) is 5.41 Å². The molecule has 0 amide bonds. The summed E-state index contributed by atoms with van der Waals surface area (Å²) in [5, 5.41) is 0. The lowest BCUT2D eigenvalue weighted by Gasteiger charge is -2.33. The van der Waals surface area contributed by atoms with Gasteiger partial charge >= 0.3 is 0 Å². The van der Waals surface area contributed by atoms with Gasteiger partial charge in [0.15, 0.2) is 0 Å². The first-order chi connectivity index (χ1) is 6.71. The van der Waals surface area contributed by atoms with Gasteiger partial charge in [-0.3, -0.25) is 0 Å². The first kappa shape index (κ1) is 12.3. The lowest BCUT2D eigenvalue weighted by atomic mass is 9.72. The topological polar surface area (TPSA) is 0 Å². The van der Waals surface area contributed by atoms with Gasteiger partial charge in [0.05, 0.1) is 0 Å². The summed E-state index contributed by atoms with van der Waals surface area (Å²) >= 11 is 0. The first-order valence-corrected chi connectivity index (χ1v) is 5.57. The zero-order chi connectivity index (χ0) is 11.7. The fourth-order valence-electron chi connectivity index (χ4n) is 2.36. The molecule has 0 aliphatic heterocycles. The summed E-state index contributed by atoms with van der Waals surface area (Å²) in [6, 6.07) is 8.25. The maximum atomic E-state index is 5.70. The van der Waals surface area contributed by atoms with Crippen molar-refractivity contribution < 1.29 is 0 Å². The molecule has 0 nitrogen and oxygen atoms in total. The van der Waals surface area contributed by atoms with E-state index in [1.165, 1.54) is 12.0 Å². The second-order valence-electron chi connectivity index (χ2n) is 6.24. The van der Waals surface area contributed by atoms with Gasteiger partial charge in [0.2, 0.25) is 0 Å². The van der Waals surface area contributed by atoms with Crippen molar-refractivity contribution in [1.82, 2.24) is 0 Å². The van der Waals surface area contributed by atoms with Crippen LogP contribution in [0.1, 0.15) is 52.2 Å². The van der Waals surface area contributed by atoms with Gasteiger partial charge in [-0.25, -0.2) is 0 Å². The van der Waals surface area contributed by atoms with Crippen LogP contribution in [0.5, 0.6) is 0 Å². The number of rotatable bonds is 2. The molecule has 1 aromatic carbocycles. The average Bonchev–Trinajstić information content (AvgIpc) is 2.00. The summed E-state index contributed by atoms with van der Waals surface area (Å²) in [6.45, 7) is 17.1. The molecular formula is C15H22. The molecule has 0 N–H and O–H groups in total. The molecule has 0 saturated carbocycles. The molecule has 0 aliphatic rings. The Morgan fingerprint density at radius 3 is 1.80 bits per heavy atom. The molecule has 0 saturated heterocycles. The van der Waals surface area contributed by atoms with Crippen LogP contribution in [0.15, 0.2) is 24.3 Å². The van der Waals surface area contributed by atoms with Crippen LogP contribution in [0.4, 0.5) is 0 Å². The summed E-state index contributed by atoms with van der Waals surface area (Å²) in [5.74, 6) is 0. The van der Waals surface area contributed by atoms with E-state index in [9.17, 15) is 0 Å². The highest BCUT2D eigenvalue weighted by atomic mass is 14.3. The van der Waals surface area contributed by atoms with E-state index in [4.69, 9.17) is 6.92 Å². The van der Waals surface area contributed by atoms with Crippen LogP contribution in [0, 0.1) is 12.3 Å². The molecule has 0 bridgehead atoms. The van der Waals surface area contributed by atoms with E-state index >= 15 is 0 Å². The molecule has 2 radical (unpaired) electrons. The lowest BCUT2D eigenvalue weighted by Crippen LogP contribution is -2.24. The van der Waals surface area contributed by atoms with Crippen LogP contribution >= 0.6 is 0 Å². The Morgan fingerprint density at radius 2 is 1.40 bits per heavy atom. The summed E-state index contributed by atoms with van der Waals surface area (Å²) < 4.78 is 0. The van der Waals surface area contributed by atoms with Gasteiger partial charge in [-0.15, -0.1) is 0 Å². The van der Waals surface area contributed by atoms with Crippen molar-refractivity contribution >= 4 is 0 Å². The minimum Gasteiger partial charge on any atom is -0.0601 e. The molecule has 0 atom stereocenters. The Balaban J connectivity index is 2.90. The fourth-order valence-corrected chi connectivity index (χ4v) is 2.36. The smallest absolute Gasteiger partial charge is 0.00120 e. The van der Waals surface area contributed by atoms with Gasteiger partial charge < -0.3 is 0 Å². The molecule has 0 heterocycles. The molecule has 0 fully saturated rings. The molecule has 0 heteroatoms. The fraction of sp³-hybridized carbons (Fsp3) is 0.533. The monoisotopic (exact) mass is 202 g/mol. The van der Waals surface area contributed by atoms with Crippen molar-refractivity contribution in [2.45, 2.75) is 46.5 Å². The minimum absolute atomic E-state index is 0.214. The van der Waals surface area contributed by atoms with Crippen LogP contribution < -0.4 is 0 Å². The Hall–Kier alpha value is -0.780. The zero-order valence-corrected chi connectivity index (χ0v) is 10.6. The van der Waals surface area contributed by atoms with E-state index < -0.39 is 0 Å². The predicted octanol–water partition coefficient (Wildman–Crippen LogP) is 4.46. The van der Waals surface area contributed by atoms with Gasteiger partial charge in [0.25, 0.3) is 0 Å². The Labute approximate surface area is 94.7 Å². The summed E-state index contributed by atoms with van der Waals surface area (Å²) in [7, 11) is 0. The molecule has 82 valence electrons. The Morgan fingerprint density at radius 1 is 0.933 bits per heavy atom. The maximum absolute atomic E-state index is 5.70. The van der Waals surface area contributed by atoms with E-state index in [2.05, 4.69) is 46.8 Å². The van der Waals surface area contributed by atoms with Gasteiger partial charge in [-0.1, -0.05) is 58.9 Å². The number of benzene rings is 1. The SMILES string of the molecule is [CH]c1ccc(C(C)(C)CC(C)(C)C)cc1. The molecule has 15 heavy (non-hydrogen) atoms. The van der Waals surface area contributed by atoms with Gasteiger partial charge in [-0.05, 0) is 35.3 Å². The van der Waals surface area contributed by atoms with Crippen molar-refractivity contribution in [3.63, 3.8) is 0 Å². The maximum Gasteiger partial charge on any atom is -0.00120 e. The summed E-state index contributed by atoms with van der Waals surface area (Å²) in [6.07, 6.45) is 1.17. The van der Waals surface area contributed by atoms with Gasteiger partial charge in [-0.2, -0.15) is 0 Å². The summed E-state index contributed by atoms with van der Waals surface area (Å²) in [4.78, 5) is 0. The quantitative estimate of drug-likeness (QED) is 0.664. The van der Waals surface area contributed by atoms with E-state index in [-0.39, 0.29) is 5.41 Å². The van der Waals surface area contributed by atoms with E-state index in [1.807, 2.05) is 12.1 Å². The van der Waals surface area contributed by atoms with E-state index in [1.54, 1.807) is 0 Å². The normalized spacial score (nSPS) is 12.9. The molecule has 1 aromatic rings. The van der Waals surface area contributed by atoms with Crippen LogP contribution in [0.3, 0.4) is 0 Å². The van der Waals surface area contributed by atoms with Crippen molar-refractivity contribution in [1.29, 1.82) is 0 Å². The van der Waals surface area contributed by atoms with Crippen molar-refractivity contribution in [3.8, 4) is 0 Å². The van der Waals surface area contributed by atoms with Crippen molar-refractivity contribution in [2.75, 3.05) is 0 Å². The highest BCUT2D eigenvalue weighted by Gasteiger charge is 2.26. The van der Waals surface area contributed by atoms with Crippen molar-refractivity contribution in [3.05, 3.63) is 42.3 Å². The molecule has 0 spiro atoms. The molecular weight excluding hydrogens is 180 g/mol. The van der Waals surface area contributed by atoms with Gasteiger partial charge in [0.1, 0.15) is 0 Å². The number of hydrogen-bond donors (Lipinski definition) is 0. The van der Waals surface area contributed by atoms with E-state index in [0.29, 0.717) is 5.41 Å². The predicted molar refractivity (Wildman–Crippen MR) is 66.9 cm³/mol. The van der Waals surface area contributed by atoms with E-state index in [0.717, 1.165) is 5.56 Å².